The van der Waals surface area contributed by atoms with Crippen LogP contribution in [0.2, 0.25) is 5.02 Å². The highest BCUT2D eigenvalue weighted by atomic mass is 35.5. The molecule has 0 aliphatic carbocycles. The number of nitrogens with one attached hydrogen (secondary N) is 1. The van der Waals surface area contributed by atoms with Crippen LogP contribution in [0.15, 0.2) is 42.5 Å². The first-order valence-corrected chi connectivity index (χ1v) is 6.31. The third-order valence-electron chi connectivity index (χ3n) is 2.75. The molecule has 2 aromatic carbocycles. The topological polar surface area (TPSA) is 47.6 Å². The molecule has 2 rings (SSSR count). The fourth-order valence-corrected chi connectivity index (χ4v) is 1.98. The molecular formula is C15H14ClNO3. The van der Waals surface area contributed by atoms with Crippen LogP contribution in [0.3, 0.4) is 0 Å². The van der Waals surface area contributed by atoms with E-state index < -0.39 is 5.97 Å². The van der Waals surface area contributed by atoms with Crippen LogP contribution in [-0.2, 0) is 4.74 Å². The van der Waals surface area contributed by atoms with E-state index in [2.05, 4.69) is 5.32 Å². The number of anilines is 2. The molecule has 104 valence electrons. The zero-order valence-corrected chi connectivity index (χ0v) is 11.9. The van der Waals surface area contributed by atoms with Crippen LogP contribution >= 0.6 is 11.6 Å². The average Bonchev–Trinajstić information content (AvgIpc) is 2.49. The van der Waals surface area contributed by atoms with Gasteiger partial charge in [-0.1, -0.05) is 29.8 Å². The fraction of sp³-hybridized carbons (Fsp3) is 0.133. The van der Waals surface area contributed by atoms with Crippen LogP contribution in [0.4, 0.5) is 11.4 Å². The molecule has 0 aliphatic heterocycles. The largest absolute Gasteiger partial charge is 0.496 e. The number of halogens is 1. The van der Waals surface area contributed by atoms with E-state index in [-0.39, 0.29) is 0 Å². The van der Waals surface area contributed by atoms with Gasteiger partial charge < -0.3 is 14.8 Å². The van der Waals surface area contributed by atoms with E-state index in [9.17, 15) is 4.79 Å². The van der Waals surface area contributed by atoms with Crippen molar-refractivity contribution in [3.8, 4) is 5.75 Å². The van der Waals surface area contributed by atoms with Crippen molar-refractivity contribution in [2.24, 2.45) is 0 Å². The van der Waals surface area contributed by atoms with Crippen molar-refractivity contribution in [1.82, 2.24) is 0 Å². The van der Waals surface area contributed by atoms with Gasteiger partial charge in [0.1, 0.15) is 11.3 Å². The van der Waals surface area contributed by atoms with Gasteiger partial charge in [-0.2, -0.15) is 0 Å². The van der Waals surface area contributed by atoms with Gasteiger partial charge in [0.05, 0.1) is 24.9 Å². The number of hydrogen-bond donors (Lipinski definition) is 1. The first-order valence-electron chi connectivity index (χ1n) is 5.93. The second kappa shape index (κ2) is 6.30. The number of para-hydroxylation sites is 1. The molecule has 0 radical (unpaired) electrons. The number of ether oxygens (including phenoxy) is 2. The lowest BCUT2D eigenvalue weighted by molar-refractivity contribution is 0.0597. The van der Waals surface area contributed by atoms with Crippen LogP contribution in [0.5, 0.6) is 5.75 Å². The maximum atomic E-state index is 11.6. The molecule has 1 N–H and O–H groups in total. The molecule has 20 heavy (non-hydrogen) atoms. The minimum Gasteiger partial charge on any atom is -0.496 e. The van der Waals surface area contributed by atoms with Crippen molar-refractivity contribution in [3.05, 3.63) is 53.1 Å². The van der Waals surface area contributed by atoms with E-state index >= 15 is 0 Å². The van der Waals surface area contributed by atoms with Crippen LogP contribution in [0.25, 0.3) is 0 Å². The van der Waals surface area contributed by atoms with Crippen molar-refractivity contribution in [2.75, 3.05) is 19.5 Å². The summed E-state index contributed by atoms with van der Waals surface area (Å²) in [6.45, 7) is 0. The van der Waals surface area contributed by atoms with Crippen LogP contribution in [-0.4, -0.2) is 20.2 Å². The van der Waals surface area contributed by atoms with E-state index in [0.717, 1.165) is 5.69 Å². The van der Waals surface area contributed by atoms with Gasteiger partial charge in [-0.3, -0.25) is 0 Å². The van der Waals surface area contributed by atoms with E-state index in [4.69, 9.17) is 21.1 Å². The van der Waals surface area contributed by atoms with Gasteiger partial charge in [-0.15, -0.1) is 0 Å². The number of hydrogen-bond acceptors (Lipinski definition) is 4. The van der Waals surface area contributed by atoms with Crippen molar-refractivity contribution >= 4 is 28.9 Å². The van der Waals surface area contributed by atoms with E-state index in [1.54, 1.807) is 6.07 Å². The highest BCUT2D eigenvalue weighted by Crippen LogP contribution is 2.33. The Morgan fingerprint density at radius 2 is 1.85 bits per heavy atom. The van der Waals surface area contributed by atoms with Gasteiger partial charge in [0, 0.05) is 11.8 Å². The molecule has 5 heteroatoms. The molecule has 0 unspecified atom stereocenters. The average molecular weight is 292 g/mol. The predicted octanol–water partition coefficient (Wildman–Crippen LogP) is 3.88. The zero-order chi connectivity index (χ0) is 14.5. The van der Waals surface area contributed by atoms with Gasteiger partial charge in [0.15, 0.2) is 0 Å². The van der Waals surface area contributed by atoms with Crippen molar-refractivity contribution in [2.45, 2.75) is 0 Å². The first-order chi connectivity index (χ1) is 9.65. The summed E-state index contributed by atoms with van der Waals surface area (Å²) in [7, 11) is 2.80. The summed E-state index contributed by atoms with van der Waals surface area (Å²) in [4.78, 5) is 11.6. The molecule has 4 nitrogen and oxygen atoms in total. The highest BCUT2D eigenvalue weighted by molar-refractivity contribution is 6.33. The van der Waals surface area contributed by atoms with Crippen molar-refractivity contribution in [1.29, 1.82) is 0 Å². The summed E-state index contributed by atoms with van der Waals surface area (Å²) < 4.78 is 9.90. The molecule has 0 atom stereocenters. The molecule has 0 aliphatic rings. The SMILES string of the molecule is COC(=O)c1cc(Cl)c(Nc2ccccc2)cc1OC. The molecule has 0 spiro atoms. The third kappa shape index (κ3) is 3.03. The Bertz CT molecular complexity index is 614. The summed E-state index contributed by atoms with van der Waals surface area (Å²) in [5, 5.41) is 3.58. The molecule has 0 aromatic heterocycles. The maximum absolute atomic E-state index is 11.6. The number of methoxy groups -OCH3 is 2. The minimum absolute atomic E-state index is 0.290. The molecule has 0 bridgehead atoms. The lowest BCUT2D eigenvalue weighted by Gasteiger charge is -2.13. The Morgan fingerprint density at radius 3 is 2.45 bits per heavy atom. The standard InChI is InChI=1S/C15H14ClNO3/c1-19-14-9-13(17-10-6-4-3-5-7-10)12(16)8-11(14)15(18)20-2/h3-9,17H,1-2H3. The van der Waals surface area contributed by atoms with Gasteiger partial charge >= 0.3 is 5.97 Å². The Balaban J connectivity index is 2.38. The van der Waals surface area contributed by atoms with Gasteiger partial charge in [0.25, 0.3) is 0 Å². The molecule has 2 aromatic rings. The van der Waals surface area contributed by atoms with E-state index in [1.807, 2.05) is 30.3 Å². The van der Waals surface area contributed by atoms with Crippen LogP contribution in [0.1, 0.15) is 10.4 Å². The number of rotatable bonds is 4. The monoisotopic (exact) mass is 291 g/mol. The Labute approximate surface area is 122 Å². The highest BCUT2D eigenvalue weighted by Gasteiger charge is 2.16. The Hall–Kier alpha value is -2.20. The van der Waals surface area contributed by atoms with Crippen LogP contribution in [0, 0.1) is 0 Å². The lowest BCUT2D eigenvalue weighted by atomic mass is 10.1. The summed E-state index contributed by atoms with van der Waals surface area (Å²) in [6, 6.07) is 12.8. The van der Waals surface area contributed by atoms with Gasteiger partial charge in [-0.05, 0) is 18.2 Å². The van der Waals surface area contributed by atoms with Gasteiger partial charge in [-0.25, -0.2) is 4.79 Å². The molecular weight excluding hydrogens is 278 g/mol. The number of esters is 1. The zero-order valence-electron chi connectivity index (χ0n) is 11.1. The maximum Gasteiger partial charge on any atom is 0.341 e. The fourth-order valence-electron chi connectivity index (χ4n) is 1.76. The third-order valence-corrected chi connectivity index (χ3v) is 3.06. The van der Waals surface area contributed by atoms with Crippen molar-refractivity contribution < 1.29 is 14.3 Å². The van der Waals surface area contributed by atoms with E-state index in [1.165, 1.54) is 20.3 Å². The molecule has 0 fully saturated rings. The lowest BCUT2D eigenvalue weighted by Crippen LogP contribution is -2.05. The summed E-state index contributed by atoms with van der Waals surface area (Å²) in [5.41, 5.74) is 1.84. The second-order valence-electron chi connectivity index (χ2n) is 4.01. The number of benzene rings is 2. The smallest absolute Gasteiger partial charge is 0.341 e. The number of carbonyl (C=O) groups is 1. The quantitative estimate of drug-likeness (QED) is 0.869. The van der Waals surface area contributed by atoms with Crippen LogP contribution < -0.4 is 10.1 Å². The predicted molar refractivity (Wildman–Crippen MR) is 79.1 cm³/mol. The molecule has 0 saturated carbocycles. The molecule has 0 amide bonds. The number of carbonyl (C=O) groups excluding carboxylic acids is 1. The Kier molecular flexibility index (Phi) is 4.48. The molecule has 0 saturated heterocycles. The molecule has 0 heterocycles. The Morgan fingerprint density at radius 1 is 1.15 bits per heavy atom. The summed E-state index contributed by atoms with van der Waals surface area (Å²) in [5.74, 6) is -0.0882. The first kappa shape index (κ1) is 14.2. The second-order valence-corrected chi connectivity index (χ2v) is 4.42. The van der Waals surface area contributed by atoms with E-state index in [0.29, 0.717) is 22.0 Å². The normalized spacial score (nSPS) is 9.95. The summed E-state index contributed by atoms with van der Waals surface area (Å²) >= 11 is 6.18. The minimum atomic E-state index is -0.491. The van der Waals surface area contributed by atoms with Gasteiger partial charge in [0.2, 0.25) is 0 Å². The summed E-state index contributed by atoms with van der Waals surface area (Å²) in [6.07, 6.45) is 0. The van der Waals surface area contributed by atoms with Crippen molar-refractivity contribution in [3.63, 3.8) is 0 Å².